The number of unbranched alkanes of at least 4 members (excludes halogenated alkanes) is 3. The molecule has 0 saturated carbocycles. The number of alkyl halides is 1. The van der Waals surface area contributed by atoms with E-state index in [1.165, 1.54) is 12.8 Å². The van der Waals surface area contributed by atoms with Gasteiger partial charge in [-0.1, -0.05) is 38.3 Å². The van der Waals surface area contributed by atoms with E-state index in [2.05, 4.69) is 24.0 Å². The highest BCUT2D eigenvalue weighted by molar-refractivity contribution is 6.21. The van der Waals surface area contributed by atoms with Crippen LogP contribution in [-0.2, 0) is 4.79 Å². The molecule has 5 heteroatoms. The summed E-state index contributed by atoms with van der Waals surface area (Å²) >= 11 is 6.48. The maximum absolute atomic E-state index is 10.5. The summed E-state index contributed by atoms with van der Waals surface area (Å²) in [5.74, 6) is -0.729. The van der Waals surface area contributed by atoms with Gasteiger partial charge in [0.25, 0.3) is 0 Å². The van der Waals surface area contributed by atoms with Crippen LogP contribution in [0.25, 0.3) is 0 Å². The first-order chi connectivity index (χ1) is 12.0. The van der Waals surface area contributed by atoms with Gasteiger partial charge in [-0.2, -0.15) is 0 Å². The fraction of sp³-hybridized carbons (Fsp3) is 0.850. The van der Waals surface area contributed by atoms with Gasteiger partial charge < -0.3 is 10.2 Å². The van der Waals surface area contributed by atoms with Crippen molar-refractivity contribution in [2.24, 2.45) is 0 Å². The number of allylic oxidation sites excluding steroid dienone is 1. The highest BCUT2D eigenvalue weighted by atomic mass is 35.5. The van der Waals surface area contributed by atoms with Crippen molar-refractivity contribution in [2.45, 2.75) is 95.1 Å². The minimum Gasteiger partial charge on any atom is -0.481 e. The lowest BCUT2D eigenvalue weighted by Crippen LogP contribution is -2.34. The molecule has 1 aliphatic heterocycles. The van der Waals surface area contributed by atoms with E-state index in [0.29, 0.717) is 12.5 Å². The molecule has 1 fully saturated rings. The lowest BCUT2D eigenvalue weighted by molar-refractivity contribution is -0.137. The van der Waals surface area contributed by atoms with Crippen molar-refractivity contribution in [1.82, 2.24) is 4.90 Å². The van der Waals surface area contributed by atoms with Gasteiger partial charge in [-0.15, -0.1) is 11.6 Å². The Bertz CT molecular complexity index is 389. The van der Waals surface area contributed by atoms with Crippen molar-refractivity contribution in [3.8, 4) is 0 Å². The Morgan fingerprint density at radius 2 is 2.00 bits per heavy atom. The fourth-order valence-electron chi connectivity index (χ4n) is 3.48. The molecule has 0 bridgehead atoms. The van der Waals surface area contributed by atoms with Crippen LogP contribution in [0.15, 0.2) is 12.2 Å². The standard InChI is InChI=1S/C20H36ClNO3/c1-2-3-6-10-17(23)11-9-15-22-16-14-18(21)19(22)12-7-4-5-8-13-20(24)25/h4,7,17-19,23H,2-3,5-6,8-16H2,1H3,(H,24,25)/t17?,18-,19+/m1/s1. The number of aliphatic carboxylic acids is 1. The van der Waals surface area contributed by atoms with E-state index >= 15 is 0 Å². The summed E-state index contributed by atoms with van der Waals surface area (Å²) in [6.45, 7) is 4.23. The van der Waals surface area contributed by atoms with Gasteiger partial charge in [0.15, 0.2) is 0 Å². The maximum atomic E-state index is 10.5. The van der Waals surface area contributed by atoms with E-state index in [4.69, 9.17) is 16.7 Å². The van der Waals surface area contributed by atoms with Gasteiger partial charge in [0.05, 0.1) is 11.5 Å². The van der Waals surface area contributed by atoms with Crippen LogP contribution in [0.5, 0.6) is 0 Å². The zero-order valence-corrected chi connectivity index (χ0v) is 16.5. The van der Waals surface area contributed by atoms with Crippen molar-refractivity contribution < 1.29 is 15.0 Å². The largest absolute Gasteiger partial charge is 0.481 e. The first-order valence-electron chi connectivity index (χ1n) is 9.97. The Morgan fingerprint density at radius 1 is 1.24 bits per heavy atom. The third-order valence-corrected chi connectivity index (χ3v) is 5.52. The molecule has 0 aliphatic carbocycles. The third-order valence-electron chi connectivity index (χ3n) is 5.01. The van der Waals surface area contributed by atoms with Crippen LogP contribution < -0.4 is 0 Å². The predicted molar refractivity (Wildman–Crippen MR) is 104 cm³/mol. The van der Waals surface area contributed by atoms with Gasteiger partial charge in [-0.25, -0.2) is 0 Å². The van der Waals surface area contributed by atoms with Crippen LogP contribution in [0.1, 0.15) is 77.6 Å². The molecule has 0 aromatic heterocycles. The number of nitrogens with zero attached hydrogens (tertiary/aromatic N) is 1. The number of halogens is 1. The molecule has 0 radical (unpaired) electrons. The van der Waals surface area contributed by atoms with Crippen molar-refractivity contribution >= 4 is 17.6 Å². The number of carbonyl (C=O) groups is 1. The molecule has 1 heterocycles. The van der Waals surface area contributed by atoms with Crippen LogP contribution in [-0.4, -0.2) is 51.7 Å². The van der Waals surface area contributed by atoms with E-state index in [0.717, 1.165) is 58.0 Å². The first-order valence-corrected chi connectivity index (χ1v) is 10.4. The van der Waals surface area contributed by atoms with Crippen LogP contribution in [0.4, 0.5) is 0 Å². The third kappa shape index (κ3) is 10.2. The van der Waals surface area contributed by atoms with Gasteiger partial charge >= 0.3 is 5.97 Å². The van der Waals surface area contributed by atoms with Crippen molar-refractivity contribution in [1.29, 1.82) is 0 Å². The van der Waals surface area contributed by atoms with E-state index in [9.17, 15) is 9.90 Å². The van der Waals surface area contributed by atoms with Crippen LogP contribution in [0.3, 0.4) is 0 Å². The minimum absolute atomic E-state index is 0.159. The van der Waals surface area contributed by atoms with Crippen molar-refractivity contribution in [3.63, 3.8) is 0 Å². The Hall–Kier alpha value is -0.580. The van der Waals surface area contributed by atoms with Crippen molar-refractivity contribution in [3.05, 3.63) is 12.2 Å². The molecule has 1 aliphatic rings. The molecule has 0 spiro atoms. The monoisotopic (exact) mass is 373 g/mol. The number of hydrogen-bond acceptors (Lipinski definition) is 3. The summed E-state index contributed by atoms with van der Waals surface area (Å²) < 4.78 is 0. The summed E-state index contributed by atoms with van der Waals surface area (Å²) in [6.07, 6.45) is 14.1. The van der Waals surface area contributed by atoms with Gasteiger partial charge in [-0.3, -0.25) is 9.69 Å². The molecule has 0 aromatic carbocycles. The Labute approximate surface area is 158 Å². The molecule has 2 N–H and O–H groups in total. The molecular formula is C20H36ClNO3. The molecule has 25 heavy (non-hydrogen) atoms. The fourth-order valence-corrected chi connectivity index (χ4v) is 3.84. The van der Waals surface area contributed by atoms with E-state index < -0.39 is 5.97 Å². The van der Waals surface area contributed by atoms with E-state index in [1.54, 1.807) is 0 Å². The summed E-state index contributed by atoms with van der Waals surface area (Å²) in [6, 6.07) is 0.370. The molecule has 3 atom stereocenters. The number of carboxylic acid groups (broad SMARTS) is 1. The minimum atomic E-state index is -0.729. The molecule has 146 valence electrons. The zero-order valence-electron chi connectivity index (χ0n) is 15.7. The normalized spacial score (nSPS) is 22.7. The Kier molecular flexibility index (Phi) is 12.2. The quantitative estimate of drug-likeness (QED) is 0.265. The first kappa shape index (κ1) is 22.5. The van der Waals surface area contributed by atoms with Crippen molar-refractivity contribution in [2.75, 3.05) is 13.1 Å². The summed E-state index contributed by atoms with van der Waals surface area (Å²) in [5.41, 5.74) is 0. The lowest BCUT2D eigenvalue weighted by Gasteiger charge is -2.25. The lowest BCUT2D eigenvalue weighted by atomic mass is 10.1. The molecule has 1 unspecified atom stereocenters. The Balaban J connectivity index is 2.21. The van der Waals surface area contributed by atoms with Gasteiger partial charge in [0.1, 0.15) is 0 Å². The van der Waals surface area contributed by atoms with Crippen LogP contribution in [0, 0.1) is 0 Å². The van der Waals surface area contributed by atoms with Crippen LogP contribution >= 0.6 is 11.6 Å². The number of rotatable bonds is 14. The average Bonchev–Trinajstić information content (AvgIpc) is 2.91. The number of likely N-dealkylation sites (tertiary alicyclic amines) is 1. The molecule has 0 amide bonds. The topological polar surface area (TPSA) is 60.8 Å². The Morgan fingerprint density at radius 3 is 2.72 bits per heavy atom. The van der Waals surface area contributed by atoms with Gasteiger partial charge in [0, 0.05) is 12.5 Å². The highest BCUT2D eigenvalue weighted by Gasteiger charge is 2.31. The number of aliphatic hydroxyl groups is 1. The smallest absolute Gasteiger partial charge is 0.303 e. The molecule has 0 aromatic rings. The van der Waals surface area contributed by atoms with Crippen LogP contribution in [0.2, 0.25) is 0 Å². The molecular weight excluding hydrogens is 338 g/mol. The molecule has 1 saturated heterocycles. The molecule has 4 nitrogen and oxygen atoms in total. The van der Waals surface area contributed by atoms with E-state index in [1.807, 2.05) is 0 Å². The van der Waals surface area contributed by atoms with Gasteiger partial charge in [-0.05, 0) is 58.0 Å². The SMILES string of the molecule is CCCCCC(O)CCCN1CC[C@@H](Cl)[C@@H]1CC=CCCCC(=O)O. The van der Waals surface area contributed by atoms with Gasteiger partial charge in [0.2, 0.25) is 0 Å². The van der Waals surface area contributed by atoms with E-state index in [-0.39, 0.29) is 17.9 Å². The molecule has 1 rings (SSSR count). The summed E-state index contributed by atoms with van der Waals surface area (Å²) in [5, 5.41) is 18.9. The second-order valence-electron chi connectivity index (χ2n) is 7.19. The predicted octanol–water partition coefficient (Wildman–Crippen LogP) is 4.59. The highest BCUT2D eigenvalue weighted by Crippen LogP contribution is 2.26. The summed E-state index contributed by atoms with van der Waals surface area (Å²) in [4.78, 5) is 12.9. The number of carboxylic acids is 1. The zero-order chi connectivity index (χ0) is 18.5. The second kappa shape index (κ2) is 13.6. The number of aliphatic hydroxyl groups excluding tert-OH is 1. The summed E-state index contributed by atoms with van der Waals surface area (Å²) in [7, 11) is 0. The average molecular weight is 374 g/mol. The number of hydrogen-bond donors (Lipinski definition) is 2. The maximum Gasteiger partial charge on any atom is 0.303 e. The second-order valence-corrected chi connectivity index (χ2v) is 7.75.